The maximum Gasteiger partial charge on any atom is 0.337 e. The molecule has 1 rings (SSSR count). The first-order chi connectivity index (χ1) is 9.71. The Morgan fingerprint density at radius 3 is 2.52 bits per heavy atom. The number of quaternary nitrogens is 1. The van der Waals surface area contributed by atoms with Gasteiger partial charge in [-0.05, 0) is 32.9 Å². The smallest absolute Gasteiger partial charge is 0.337 e. The average Bonchev–Trinajstić information content (AvgIpc) is 2.35. The van der Waals surface area contributed by atoms with Gasteiger partial charge in [0, 0.05) is 11.1 Å². The van der Waals surface area contributed by atoms with E-state index in [1.165, 1.54) is 7.11 Å². The Bertz CT molecular complexity index is 506. The van der Waals surface area contributed by atoms with Gasteiger partial charge in [0.25, 0.3) is 5.91 Å². The zero-order chi connectivity index (χ0) is 16.0. The predicted octanol–water partition coefficient (Wildman–Crippen LogP) is 0.403. The number of carbonyl (C=O) groups excluding carboxylic acids is 2. The van der Waals surface area contributed by atoms with Crippen molar-refractivity contribution in [3.8, 4) is 0 Å². The fourth-order valence-corrected chi connectivity index (χ4v) is 2.07. The SMILES string of the molecule is COC(=O)c1cccc(C[NH+](C)CC(=O)NC(C)(C)C)c1. The molecule has 1 amide bonds. The van der Waals surface area contributed by atoms with E-state index in [0.717, 1.165) is 10.5 Å². The number of nitrogens with one attached hydrogen (secondary N) is 2. The summed E-state index contributed by atoms with van der Waals surface area (Å²) >= 11 is 0. The monoisotopic (exact) mass is 293 g/mol. The Morgan fingerprint density at radius 1 is 1.29 bits per heavy atom. The molecule has 0 fully saturated rings. The first-order valence-corrected chi connectivity index (χ1v) is 7.01. The van der Waals surface area contributed by atoms with Crippen molar-refractivity contribution in [1.82, 2.24) is 5.32 Å². The highest BCUT2D eigenvalue weighted by atomic mass is 16.5. The van der Waals surface area contributed by atoms with Gasteiger partial charge in [-0.2, -0.15) is 0 Å². The Morgan fingerprint density at radius 2 is 1.95 bits per heavy atom. The second-order valence-corrected chi connectivity index (χ2v) is 6.30. The maximum absolute atomic E-state index is 11.9. The lowest BCUT2D eigenvalue weighted by Gasteiger charge is -2.22. The molecule has 0 spiro atoms. The highest BCUT2D eigenvalue weighted by Crippen LogP contribution is 2.05. The second kappa shape index (κ2) is 7.22. The zero-order valence-corrected chi connectivity index (χ0v) is 13.4. The summed E-state index contributed by atoms with van der Waals surface area (Å²) in [5.41, 5.74) is 1.31. The lowest BCUT2D eigenvalue weighted by atomic mass is 10.1. The van der Waals surface area contributed by atoms with Crippen molar-refractivity contribution in [2.24, 2.45) is 0 Å². The molecule has 0 aliphatic rings. The van der Waals surface area contributed by atoms with Crippen LogP contribution < -0.4 is 10.2 Å². The van der Waals surface area contributed by atoms with Gasteiger partial charge in [-0.15, -0.1) is 0 Å². The van der Waals surface area contributed by atoms with Crippen LogP contribution in [0.2, 0.25) is 0 Å². The Hall–Kier alpha value is -1.88. The molecule has 21 heavy (non-hydrogen) atoms. The normalized spacial score (nSPS) is 12.6. The first-order valence-electron chi connectivity index (χ1n) is 7.01. The topological polar surface area (TPSA) is 59.8 Å². The molecule has 116 valence electrons. The van der Waals surface area contributed by atoms with E-state index in [4.69, 9.17) is 4.74 Å². The lowest BCUT2D eigenvalue weighted by molar-refractivity contribution is -0.885. The number of rotatable bonds is 5. The lowest BCUT2D eigenvalue weighted by Crippen LogP contribution is -3.09. The number of hydrogen-bond donors (Lipinski definition) is 2. The van der Waals surface area contributed by atoms with E-state index >= 15 is 0 Å². The third-order valence-corrected chi connectivity index (χ3v) is 2.83. The quantitative estimate of drug-likeness (QED) is 0.773. The molecular weight excluding hydrogens is 268 g/mol. The third-order valence-electron chi connectivity index (χ3n) is 2.83. The molecule has 5 heteroatoms. The predicted molar refractivity (Wildman–Crippen MR) is 81.1 cm³/mol. The van der Waals surface area contributed by atoms with E-state index in [-0.39, 0.29) is 17.4 Å². The summed E-state index contributed by atoms with van der Waals surface area (Å²) < 4.78 is 4.71. The molecular formula is C16H25N2O3+. The first kappa shape index (κ1) is 17.2. The summed E-state index contributed by atoms with van der Waals surface area (Å²) in [5, 5.41) is 2.94. The third kappa shape index (κ3) is 6.40. The van der Waals surface area contributed by atoms with Crippen molar-refractivity contribution < 1.29 is 19.2 Å². The van der Waals surface area contributed by atoms with Crippen molar-refractivity contribution >= 4 is 11.9 Å². The molecule has 2 N–H and O–H groups in total. The fourth-order valence-electron chi connectivity index (χ4n) is 2.07. The Kier molecular flexibility index (Phi) is 5.90. The average molecular weight is 293 g/mol. The van der Waals surface area contributed by atoms with E-state index in [2.05, 4.69) is 5.32 Å². The van der Waals surface area contributed by atoms with Crippen molar-refractivity contribution in [3.63, 3.8) is 0 Å². The van der Waals surface area contributed by atoms with Crippen LogP contribution in [0.15, 0.2) is 24.3 Å². The van der Waals surface area contributed by atoms with E-state index < -0.39 is 0 Å². The molecule has 0 bridgehead atoms. The van der Waals surface area contributed by atoms with Gasteiger partial charge in [-0.1, -0.05) is 12.1 Å². The Balaban J connectivity index is 2.61. The van der Waals surface area contributed by atoms with Crippen LogP contribution in [0.1, 0.15) is 36.7 Å². The minimum Gasteiger partial charge on any atom is -0.465 e. The molecule has 0 aliphatic heterocycles. The van der Waals surface area contributed by atoms with Crippen LogP contribution in [0.4, 0.5) is 0 Å². The van der Waals surface area contributed by atoms with Crippen LogP contribution in [0.3, 0.4) is 0 Å². The van der Waals surface area contributed by atoms with Gasteiger partial charge in [0.15, 0.2) is 6.54 Å². The summed E-state index contributed by atoms with van der Waals surface area (Å²) in [6.45, 7) is 6.93. The minimum atomic E-state index is -0.347. The number of methoxy groups -OCH3 is 1. The molecule has 0 saturated heterocycles. The van der Waals surface area contributed by atoms with E-state index in [1.807, 2.05) is 40.0 Å². The molecule has 0 aromatic heterocycles. The molecule has 0 radical (unpaired) electrons. The molecule has 0 heterocycles. The van der Waals surface area contributed by atoms with E-state index in [1.54, 1.807) is 12.1 Å². The second-order valence-electron chi connectivity index (χ2n) is 6.30. The summed E-state index contributed by atoms with van der Waals surface area (Å²) in [6.07, 6.45) is 0. The molecule has 0 aliphatic carbocycles. The van der Waals surface area contributed by atoms with Gasteiger partial charge in [-0.3, -0.25) is 4.79 Å². The molecule has 5 nitrogen and oxygen atoms in total. The maximum atomic E-state index is 11.9. The fraction of sp³-hybridized carbons (Fsp3) is 0.500. The van der Waals surface area contributed by atoms with Gasteiger partial charge in [-0.25, -0.2) is 4.79 Å². The highest BCUT2D eigenvalue weighted by molar-refractivity contribution is 5.89. The standard InChI is InChI=1S/C16H24N2O3/c1-16(2,3)17-14(19)11-18(4)10-12-7-6-8-13(9-12)15(20)21-5/h6-9H,10-11H2,1-5H3,(H,17,19)/p+1. The number of esters is 1. The summed E-state index contributed by atoms with van der Waals surface area (Å²) in [7, 11) is 3.32. The number of benzene rings is 1. The van der Waals surface area contributed by atoms with Crippen LogP contribution in [-0.2, 0) is 16.1 Å². The summed E-state index contributed by atoms with van der Waals surface area (Å²) in [5.74, 6) is -0.330. The molecule has 1 aromatic carbocycles. The molecule has 0 saturated carbocycles. The van der Waals surface area contributed by atoms with E-state index in [9.17, 15) is 9.59 Å². The zero-order valence-electron chi connectivity index (χ0n) is 13.4. The van der Waals surface area contributed by atoms with Crippen LogP contribution in [-0.4, -0.2) is 38.1 Å². The highest BCUT2D eigenvalue weighted by Gasteiger charge is 2.17. The summed E-state index contributed by atoms with van der Waals surface area (Å²) in [4.78, 5) is 24.4. The number of ether oxygens (including phenoxy) is 1. The number of carbonyl (C=O) groups is 2. The molecule has 1 unspecified atom stereocenters. The van der Waals surface area contributed by atoms with Gasteiger partial charge in [0.05, 0.1) is 19.7 Å². The van der Waals surface area contributed by atoms with Gasteiger partial charge in [0.2, 0.25) is 0 Å². The molecule has 1 atom stereocenters. The van der Waals surface area contributed by atoms with Crippen LogP contribution in [0.25, 0.3) is 0 Å². The largest absolute Gasteiger partial charge is 0.465 e. The van der Waals surface area contributed by atoms with Crippen LogP contribution >= 0.6 is 0 Å². The van der Waals surface area contributed by atoms with Crippen LogP contribution in [0.5, 0.6) is 0 Å². The van der Waals surface area contributed by atoms with Crippen molar-refractivity contribution in [1.29, 1.82) is 0 Å². The van der Waals surface area contributed by atoms with Crippen molar-refractivity contribution in [2.45, 2.75) is 32.9 Å². The van der Waals surface area contributed by atoms with Crippen molar-refractivity contribution in [2.75, 3.05) is 20.7 Å². The minimum absolute atomic E-state index is 0.0177. The van der Waals surface area contributed by atoms with E-state index in [0.29, 0.717) is 18.7 Å². The number of likely N-dealkylation sites (N-methyl/N-ethyl adjacent to an activating group) is 1. The summed E-state index contributed by atoms with van der Waals surface area (Å²) in [6, 6.07) is 7.29. The van der Waals surface area contributed by atoms with Gasteiger partial charge in [0.1, 0.15) is 6.54 Å². The van der Waals surface area contributed by atoms with Gasteiger partial charge < -0.3 is 15.0 Å². The van der Waals surface area contributed by atoms with Crippen molar-refractivity contribution in [3.05, 3.63) is 35.4 Å². The number of hydrogen-bond acceptors (Lipinski definition) is 3. The number of amides is 1. The molecule has 1 aromatic rings. The van der Waals surface area contributed by atoms with Crippen LogP contribution in [0, 0.1) is 0 Å². The van der Waals surface area contributed by atoms with Gasteiger partial charge >= 0.3 is 5.97 Å². The Labute approximate surface area is 126 Å².